The Morgan fingerprint density at radius 2 is 0.887 bits per heavy atom. The molecule has 8 saturated carbocycles. The van der Waals surface area contributed by atoms with Crippen molar-refractivity contribution in [2.75, 3.05) is 39.3 Å². The first kappa shape index (κ1) is 74.1. The smallest absolute Gasteiger partial charge is 0.0658 e. The van der Waals surface area contributed by atoms with Gasteiger partial charge in [-0.05, 0) is 266 Å². The van der Waals surface area contributed by atoms with E-state index in [1.807, 2.05) is 0 Å². The molecule has 0 spiro atoms. The summed E-state index contributed by atoms with van der Waals surface area (Å²) in [6.45, 7) is 65.2. The van der Waals surface area contributed by atoms with Crippen LogP contribution >= 0.6 is 0 Å². The molecule has 2 atom stereocenters. The number of piperidine rings is 1. The van der Waals surface area contributed by atoms with Crippen LogP contribution in [0.1, 0.15) is 353 Å². The van der Waals surface area contributed by atoms with Gasteiger partial charge in [-0.25, -0.2) is 0 Å². The Labute approximate surface area is 503 Å². The summed E-state index contributed by atoms with van der Waals surface area (Å²) in [5, 5.41) is 29.7. The number of likely N-dealkylation sites (tertiary alicyclic amines) is 2. The fourth-order valence-electron chi connectivity index (χ4n) is 17.1. The molecule has 0 aromatic carbocycles. The largest absolute Gasteiger partial charge is 0.396 e. The summed E-state index contributed by atoms with van der Waals surface area (Å²) in [5.74, 6) is 1.66. The number of hydrogen-bond acceptors (Lipinski definition) is 5. The minimum absolute atomic E-state index is 0.229. The average Bonchev–Trinajstić information content (AvgIpc) is 3.96. The van der Waals surface area contributed by atoms with Crippen LogP contribution in [0.5, 0.6) is 0 Å². The zero-order valence-electron chi connectivity index (χ0n) is 59.4. The van der Waals surface area contributed by atoms with Crippen LogP contribution in [0.15, 0.2) is 0 Å². The lowest BCUT2D eigenvalue weighted by Gasteiger charge is -2.64. The quantitative estimate of drug-likeness (QED) is 0.237. The van der Waals surface area contributed by atoms with E-state index in [1.165, 1.54) is 174 Å². The van der Waals surface area contributed by atoms with E-state index in [-0.39, 0.29) is 27.4 Å². The Bertz CT molecular complexity index is 1700. The van der Waals surface area contributed by atoms with E-state index in [9.17, 15) is 15.3 Å². The Kier molecular flexibility index (Phi) is 26.2. The molecule has 0 radical (unpaired) electrons. The molecule has 0 amide bonds. The zero-order valence-corrected chi connectivity index (χ0v) is 59.4. The molecule has 476 valence electrons. The van der Waals surface area contributed by atoms with Gasteiger partial charge in [0, 0.05) is 12.1 Å². The molecular weight excluding hydrogens is 977 g/mol. The molecule has 2 aliphatic heterocycles. The maximum atomic E-state index is 10.6. The van der Waals surface area contributed by atoms with E-state index in [0.717, 1.165) is 50.4 Å². The number of rotatable bonds is 7. The molecule has 2 saturated heterocycles. The third-order valence-corrected chi connectivity index (χ3v) is 22.6. The van der Waals surface area contributed by atoms with Gasteiger partial charge in [0.05, 0.1) is 11.2 Å². The van der Waals surface area contributed by atoms with Crippen molar-refractivity contribution in [1.29, 1.82) is 0 Å². The maximum absolute atomic E-state index is 10.6. The highest BCUT2D eigenvalue weighted by molar-refractivity contribution is 5.11. The molecule has 0 aromatic rings. The van der Waals surface area contributed by atoms with Crippen molar-refractivity contribution in [3.8, 4) is 0 Å². The number of aliphatic hydroxyl groups excluding tert-OH is 1. The molecule has 80 heavy (non-hydrogen) atoms. The monoisotopic (exact) mass is 1130 g/mol. The van der Waals surface area contributed by atoms with Gasteiger partial charge in [-0.3, -0.25) is 4.90 Å². The summed E-state index contributed by atoms with van der Waals surface area (Å²) in [5.41, 5.74) is 4.83. The predicted octanol–water partition coefficient (Wildman–Crippen LogP) is 21.3. The van der Waals surface area contributed by atoms with Gasteiger partial charge < -0.3 is 20.2 Å². The van der Waals surface area contributed by atoms with E-state index in [4.69, 9.17) is 0 Å². The average molecular weight is 1130 g/mol. The fraction of sp³-hybridized carbons (Fsp3) is 1.00. The molecular formula is C75H148N2O3. The number of nitrogens with zero attached hydrogens (tertiary/aromatic N) is 2. The summed E-state index contributed by atoms with van der Waals surface area (Å²) in [6.07, 6.45) is 36.5. The first-order valence-corrected chi connectivity index (χ1v) is 34.5. The van der Waals surface area contributed by atoms with Crippen LogP contribution in [0, 0.1) is 71.4 Å². The van der Waals surface area contributed by atoms with E-state index in [2.05, 4.69) is 183 Å². The molecule has 5 nitrogen and oxygen atoms in total. The summed E-state index contributed by atoms with van der Waals surface area (Å²) in [6, 6.07) is 0. The highest BCUT2D eigenvalue weighted by atomic mass is 16.3. The minimum atomic E-state index is -0.293. The van der Waals surface area contributed by atoms with Gasteiger partial charge in [0.15, 0.2) is 0 Å². The lowest BCUT2D eigenvalue weighted by Crippen LogP contribution is -2.59. The van der Waals surface area contributed by atoms with Crippen molar-refractivity contribution in [2.24, 2.45) is 71.4 Å². The predicted molar refractivity (Wildman–Crippen MR) is 353 cm³/mol. The van der Waals surface area contributed by atoms with Gasteiger partial charge in [-0.1, -0.05) is 191 Å². The van der Waals surface area contributed by atoms with Crippen LogP contribution in [0.4, 0.5) is 0 Å². The van der Waals surface area contributed by atoms with Crippen LogP contribution in [-0.2, 0) is 0 Å². The SMILES string of the molecule is CC(C)(C)C1(C)CCC1.CC(C)(C)C1(CO)CCCC1.CC(C)(C)C12CC3CC(CC(O)(C3)C1)C2.CC(C)(C)CC(C)(C)N1CCCCC1.CC(C)(C)CC1(C)CCC1.CC(C)(C)CC1(O)CCC1.CC(C)(C)CCN1CCCC1. The standard InChI is InChI=1S/C14H24O.C13H27N.C10H21N.C10H20O.C10H20.C9H18O.C9H18/c1-12(2,3)13-5-10-4-11(6-13)8-14(15,7-10)9-13;1-12(2,3)11-13(4,5)14-9-7-6-8-10-14;1-10(2,3)6-9-11-7-4-5-8-11;1-9(2,3)10(8-11)6-4-5-7-10;1-9(2,3)8-10(4)6-5-7-10;1-8(2,3)7-9(10)5-4-6-9;1-8(2,3)9(4)6-5-7-9/h10-11,15H,4-9H2,1-3H3;6-11H2,1-5H3;4-9H2,1-3H3;11H,4-8H2,1-3H3;5-8H2,1-4H3;10H,4-7H2,1-3H3;5-7H2,1-4H3. The fourth-order valence-corrected chi connectivity index (χ4v) is 17.1. The van der Waals surface area contributed by atoms with Crippen molar-refractivity contribution < 1.29 is 15.3 Å². The van der Waals surface area contributed by atoms with Crippen LogP contribution in [0.3, 0.4) is 0 Å². The van der Waals surface area contributed by atoms with Gasteiger partial charge in [0.25, 0.3) is 0 Å². The lowest BCUT2D eigenvalue weighted by molar-refractivity contribution is -0.195. The van der Waals surface area contributed by atoms with Gasteiger partial charge in [0.2, 0.25) is 0 Å². The second-order valence-corrected chi connectivity index (χ2v) is 38.9. The van der Waals surface area contributed by atoms with E-state index in [0.29, 0.717) is 55.5 Å². The van der Waals surface area contributed by atoms with Gasteiger partial charge in [-0.2, -0.15) is 0 Å². The topological polar surface area (TPSA) is 67.2 Å². The third-order valence-electron chi connectivity index (χ3n) is 22.6. The van der Waals surface area contributed by atoms with Crippen molar-refractivity contribution >= 4 is 0 Å². The molecule has 10 fully saturated rings. The first-order chi connectivity index (χ1) is 36.0. The van der Waals surface area contributed by atoms with Crippen molar-refractivity contribution in [3.05, 3.63) is 0 Å². The number of aliphatic hydroxyl groups is 3. The van der Waals surface area contributed by atoms with Gasteiger partial charge in [-0.15, -0.1) is 0 Å². The molecule has 10 aliphatic rings. The molecule has 4 bridgehead atoms. The Morgan fingerprint density at radius 1 is 0.438 bits per heavy atom. The van der Waals surface area contributed by atoms with Crippen LogP contribution < -0.4 is 0 Å². The molecule has 2 heterocycles. The van der Waals surface area contributed by atoms with E-state index >= 15 is 0 Å². The summed E-state index contributed by atoms with van der Waals surface area (Å²) < 4.78 is 0. The Morgan fingerprint density at radius 3 is 1.15 bits per heavy atom. The van der Waals surface area contributed by atoms with Crippen LogP contribution in [-0.4, -0.2) is 81.2 Å². The Balaban J connectivity index is 0.000000247. The summed E-state index contributed by atoms with van der Waals surface area (Å²) >= 11 is 0. The third kappa shape index (κ3) is 24.2. The number of hydrogen-bond donors (Lipinski definition) is 3. The second kappa shape index (κ2) is 28.3. The molecule has 0 aromatic heterocycles. The molecule has 5 heteroatoms. The molecule has 2 unspecified atom stereocenters. The summed E-state index contributed by atoms with van der Waals surface area (Å²) in [4.78, 5) is 5.27. The van der Waals surface area contributed by atoms with Crippen LogP contribution in [0.25, 0.3) is 0 Å². The molecule has 10 rings (SSSR count). The normalized spacial score (nSPS) is 28.8. The highest BCUT2D eigenvalue weighted by Gasteiger charge is 2.60. The zero-order chi connectivity index (χ0) is 61.4. The van der Waals surface area contributed by atoms with E-state index < -0.39 is 0 Å². The van der Waals surface area contributed by atoms with Crippen molar-refractivity contribution in [1.82, 2.24) is 9.80 Å². The summed E-state index contributed by atoms with van der Waals surface area (Å²) in [7, 11) is 0. The first-order valence-electron chi connectivity index (χ1n) is 34.5. The van der Waals surface area contributed by atoms with Crippen LogP contribution in [0.2, 0.25) is 0 Å². The molecule has 8 aliphatic carbocycles. The highest BCUT2D eigenvalue weighted by Crippen LogP contribution is 2.67. The molecule has 3 N–H and O–H groups in total. The minimum Gasteiger partial charge on any atom is -0.396 e. The maximum Gasteiger partial charge on any atom is 0.0658 e. The van der Waals surface area contributed by atoms with Gasteiger partial charge in [0.1, 0.15) is 0 Å². The lowest BCUT2D eigenvalue weighted by atomic mass is 9.42. The second-order valence-electron chi connectivity index (χ2n) is 38.9. The Hall–Kier alpha value is -0.200. The van der Waals surface area contributed by atoms with Crippen molar-refractivity contribution in [2.45, 2.75) is 370 Å². The van der Waals surface area contributed by atoms with Gasteiger partial charge >= 0.3 is 0 Å². The van der Waals surface area contributed by atoms with E-state index in [1.54, 1.807) is 0 Å². The van der Waals surface area contributed by atoms with Crippen molar-refractivity contribution in [3.63, 3.8) is 0 Å².